The summed E-state index contributed by atoms with van der Waals surface area (Å²) < 4.78 is 1.53. The molecule has 2 heteroatoms. The van der Waals surface area contributed by atoms with Crippen LogP contribution in [-0.2, 0) is 16.7 Å². The number of hydrogen-bond acceptors (Lipinski definition) is 0. The second-order valence-corrected chi connectivity index (χ2v) is 5.29. The van der Waals surface area contributed by atoms with Crippen LogP contribution in [0.25, 0.3) is 0 Å². The van der Waals surface area contributed by atoms with Crippen LogP contribution in [0.2, 0.25) is 0 Å². The molecule has 1 aliphatic rings. The first kappa shape index (κ1) is 8.52. The van der Waals surface area contributed by atoms with E-state index in [2.05, 4.69) is 18.2 Å². The van der Waals surface area contributed by atoms with Gasteiger partial charge in [0.25, 0.3) is 0 Å². The van der Waals surface area contributed by atoms with Crippen molar-refractivity contribution in [1.82, 2.24) is 0 Å². The summed E-state index contributed by atoms with van der Waals surface area (Å²) in [5, 5.41) is 0. The predicted octanol–water partition coefficient (Wildman–Crippen LogP) is 3.24. The van der Waals surface area contributed by atoms with E-state index in [4.69, 9.17) is 9.58 Å². The van der Waals surface area contributed by atoms with Crippen molar-refractivity contribution in [3.05, 3.63) is 22.3 Å². The van der Waals surface area contributed by atoms with E-state index in [9.17, 15) is 0 Å². The zero-order valence-electron chi connectivity index (χ0n) is 5.77. The van der Waals surface area contributed by atoms with Crippen molar-refractivity contribution in [2.75, 3.05) is 0 Å². The van der Waals surface area contributed by atoms with Crippen LogP contribution in [0.4, 0.5) is 0 Å². The van der Waals surface area contributed by atoms with E-state index in [-0.39, 0.29) is 16.7 Å². The van der Waals surface area contributed by atoms with Gasteiger partial charge in [-0.2, -0.15) is 0 Å². The third kappa shape index (κ3) is 3.00. The molecule has 0 bridgehead atoms. The molecule has 0 aliphatic heterocycles. The molecule has 0 saturated carbocycles. The fourth-order valence-corrected chi connectivity index (χ4v) is 2.98. The van der Waals surface area contributed by atoms with Gasteiger partial charge in [0.1, 0.15) is 0 Å². The average Bonchev–Trinajstić information content (AvgIpc) is 1.87. The maximum absolute atomic E-state index is 5.84. The topological polar surface area (TPSA) is 0 Å². The first-order valence-electron chi connectivity index (χ1n) is 3.49. The van der Waals surface area contributed by atoms with Crippen LogP contribution in [0.1, 0.15) is 25.7 Å². The van der Waals surface area contributed by atoms with Crippen molar-refractivity contribution in [3.8, 4) is 0 Å². The van der Waals surface area contributed by atoms with Gasteiger partial charge in [-0.3, -0.25) is 0 Å². The zero-order valence-corrected chi connectivity index (χ0v) is 8.92. The van der Waals surface area contributed by atoms with E-state index >= 15 is 0 Å². The van der Waals surface area contributed by atoms with Crippen LogP contribution in [0, 0.1) is 0 Å². The Morgan fingerprint density at radius 2 is 2.00 bits per heavy atom. The van der Waals surface area contributed by atoms with E-state index in [0.717, 1.165) is 0 Å². The molecule has 0 aromatic heterocycles. The molecule has 0 amide bonds. The summed E-state index contributed by atoms with van der Waals surface area (Å²) in [6.07, 6.45) is 11.7. The zero-order chi connectivity index (χ0) is 7.23. The molecule has 0 heterocycles. The van der Waals surface area contributed by atoms with Crippen molar-refractivity contribution in [3.63, 3.8) is 0 Å². The van der Waals surface area contributed by atoms with Gasteiger partial charge < -0.3 is 0 Å². The van der Waals surface area contributed by atoms with Crippen molar-refractivity contribution in [2.24, 2.45) is 0 Å². The Hall–Kier alpha value is 0.419. The fourth-order valence-electron chi connectivity index (χ4n) is 0.939. The van der Waals surface area contributed by atoms with Crippen LogP contribution in [0.3, 0.4) is 0 Å². The molecule has 0 nitrogen and oxygen atoms in total. The molecule has 59 valence electrons. The van der Waals surface area contributed by atoms with Crippen molar-refractivity contribution in [1.29, 1.82) is 0 Å². The van der Waals surface area contributed by atoms with Crippen molar-refractivity contribution in [2.45, 2.75) is 25.7 Å². The monoisotopic (exact) mass is 335 g/mol. The van der Waals surface area contributed by atoms with Crippen LogP contribution in [0.5, 0.6) is 0 Å². The van der Waals surface area contributed by atoms with Gasteiger partial charge in [-0.25, -0.2) is 0 Å². The summed E-state index contributed by atoms with van der Waals surface area (Å²) in [7, 11) is 5.84. The molecular formula is C8H11ClIr. The average molecular weight is 335 g/mol. The minimum absolute atomic E-state index is 0.261. The SMILES string of the molecule is [Cl][Ir][C]1=CCCC=CCC1. The molecule has 1 rings (SSSR count). The van der Waals surface area contributed by atoms with Gasteiger partial charge in [0.2, 0.25) is 0 Å². The Labute approximate surface area is 74.3 Å². The van der Waals surface area contributed by atoms with E-state index in [0.29, 0.717) is 0 Å². The summed E-state index contributed by atoms with van der Waals surface area (Å²) >= 11 is -0.261. The molecule has 0 spiro atoms. The molecule has 0 aromatic rings. The molecule has 0 unspecified atom stereocenters. The molecule has 0 N–H and O–H groups in total. The van der Waals surface area contributed by atoms with Crippen molar-refractivity contribution >= 4 is 9.58 Å². The predicted molar refractivity (Wildman–Crippen MR) is 41.5 cm³/mol. The summed E-state index contributed by atoms with van der Waals surface area (Å²) in [5.41, 5.74) is 0. The first-order chi connectivity index (χ1) is 4.93. The van der Waals surface area contributed by atoms with Crippen LogP contribution in [0.15, 0.2) is 22.3 Å². The number of hydrogen-bond donors (Lipinski definition) is 0. The minimum atomic E-state index is -0.261. The summed E-state index contributed by atoms with van der Waals surface area (Å²) in [6.45, 7) is 0. The van der Waals surface area contributed by atoms with E-state index in [1.807, 2.05) is 0 Å². The van der Waals surface area contributed by atoms with Gasteiger partial charge in [-0.05, 0) is 0 Å². The maximum atomic E-state index is 5.84. The third-order valence-electron chi connectivity index (χ3n) is 1.48. The number of allylic oxidation sites excluding steroid dienone is 4. The van der Waals surface area contributed by atoms with Gasteiger partial charge in [0.05, 0.1) is 0 Å². The Kier molecular flexibility index (Phi) is 4.36. The Balaban J connectivity index is 2.41. The van der Waals surface area contributed by atoms with E-state index in [1.54, 1.807) is 0 Å². The van der Waals surface area contributed by atoms with Crippen LogP contribution < -0.4 is 0 Å². The van der Waals surface area contributed by atoms with Gasteiger partial charge >= 0.3 is 74.3 Å². The second kappa shape index (κ2) is 5.12. The first-order valence-corrected chi connectivity index (χ1v) is 7.66. The normalized spacial score (nSPS) is 19.9. The van der Waals surface area contributed by atoms with Gasteiger partial charge in [0, 0.05) is 0 Å². The standard InChI is InChI=1S/C8H11.ClH.Ir/c1-2-4-6-8-7-5-3-1;;/h1-2,7H,3-6H2;1H;/q;;+1/p-1. The van der Waals surface area contributed by atoms with Gasteiger partial charge in [-0.1, -0.05) is 0 Å². The Bertz CT molecular complexity index is 149. The second-order valence-electron chi connectivity index (χ2n) is 2.27. The Morgan fingerprint density at radius 1 is 1.20 bits per heavy atom. The number of rotatable bonds is 1. The van der Waals surface area contributed by atoms with Gasteiger partial charge in [0.15, 0.2) is 0 Å². The summed E-state index contributed by atoms with van der Waals surface area (Å²) in [4.78, 5) is 0. The molecule has 1 aliphatic carbocycles. The summed E-state index contributed by atoms with van der Waals surface area (Å²) in [6, 6.07) is 0. The fraction of sp³-hybridized carbons (Fsp3) is 0.500. The Morgan fingerprint density at radius 3 is 2.80 bits per heavy atom. The molecule has 0 atom stereocenters. The quantitative estimate of drug-likeness (QED) is 0.646. The summed E-state index contributed by atoms with van der Waals surface area (Å²) in [5.74, 6) is 0. The van der Waals surface area contributed by atoms with Crippen molar-refractivity contribution < 1.29 is 16.7 Å². The molecule has 0 saturated heterocycles. The van der Waals surface area contributed by atoms with E-state index < -0.39 is 0 Å². The van der Waals surface area contributed by atoms with Crippen LogP contribution in [-0.4, -0.2) is 0 Å². The van der Waals surface area contributed by atoms with Gasteiger partial charge in [-0.15, -0.1) is 0 Å². The molecule has 0 radical (unpaired) electrons. The third-order valence-corrected chi connectivity index (χ3v) is 4.47. The number of halogens is 1. The molecule has 0 aromatic carbocycles. The van der Waals surface area contributed by atoms with Crippen LogP contribution >= 0.6 is 9.58 Å². The van der Waals surface area contributed by atoms with E-state index in [1.165, 1.54) is 29.8 Å². The molecular weight excluding hydrogens is 324 g/mol. The molecule has 0 fully saturated rings. The molecule has 10 heavy (non-hydrogen) atoms.